The van der Waals surface area contributed by atoms with Crippen LogP contribution in [0.25, 0.3) is 28.2 Å². The van der Waals surface area contributed by atoms with Crippen molar-refractivity contribution in [1.82, 2.24) is 30.2 Å². The van der Waals surface area contributed by atoms with E-state index < -0.39 is 0 Å². The molecule has 0 aliphatic rings. The Labute approximate surface area is 144 Å². The minimum atomic E-state index is 0.248. The van der Waals surface area contributed by atoms with Crippen molar-refractivity contribution in [3.8, 4) is 28.2 Å². The normalized spacial score (nSPS) is 10.8. The highest BCUT2D eigenvalue weighted by Crippen LogP contribution is 2.25. The predicted octanol–water partition coefficient (Wildman–Crippen LogP) is 2.68. The van der Waals surface area contributed by atoms with Crippen molar-refractivity contribution in [3.05, 3.63) is 66.5 Å². The summed E-state index contributed by atoms with van der Waals surface area (Å²) in [6.07, 6.45) is 1.55. The molecule has 0 amide bonds. The van der Waals surface area contributed by atoms with Crippen LogP contribution in [-0.4, -0.2) is 30.2 Å². The molecular weight excluding hydrogens is 314 g/mol. The lowest BCUT2D eigenvalue weighted by Crippen LogP contribution is -1.99. The van der Waals surface area contributed by atoms with Gasteiger partial charge in [0.2, 0.25) is 5.95 Å². The van der Waals surface area contributed by atoms with Crippen molar-refractivity contribution in [2.75, 3.05) is 5.73 Å². The maximum absolute atomic E-state index is 5.92. The summed E-state index contributed by atoms with van der Waals surface area (Å²) in [4.78, 5) is 8.71. The molecule has 25 heavy (non-hydrogen) atoms. The maximum atomic E-state index is 5.92. The molecule has 2 aromatic carbocycles. The highest BCUT2D eigenvalue weighted by atomic mass is 15.5. The average Bonchev–Trinajstić information content (AvgIpc) is 3.17. The fraction of sp³-hybridized carbons (Fsp3) is 0.0556. The number of benzene rings is 2. The first-order valence-corrected chi connectivity index (χ1v) is 7.74. The van der Waals surface area contributed by atoms with E-state index in [-0.39, 0.29) is 5.95 Å². The van der Waals surface area contributed by atoms with Crippen LogP contribution in [0.1, 0.15) is 5.56 Å². The van der Waals surface area contributed by atoms with Gasteiger partial charge in [-0.25, -0.2) is 14.6 Å². The van der Waals surface area contributed by atoms with Gasteiger partial charge in [-0.2, -0.15) is 0 Å². The fourth-order valence-electron chi connectivity index (χ4n) is 2.55. The first-order valence-electron chi connectivity index (χ1n) is 7.74. The van der Waals surface area contributed by atoms with E-state index in [1.54, 1.807) is 11.0 Å². The standard InChI is InChI=1S/C18H15N7/c1-12-2-4-13(5-3-12)16-10-17(22-18(19)21-16)14-6-8-15(9-7-14)25-11-20-23-24-25/h2-11H,1H3,(H2,19,21,22). The Hall–Kier alpha value is -3.61. The highest BCUT2D eigenvalue weighted by Gasteiger charge is 2.08. The summed E-state index contributed by atoms with van der Waals surface area (Å²) >= 11 is 0. The summed E-state index contributed by atoms with van der Waals surface area (Å²) in [6.45, 7) is 2.05. The van der Waals surface area contributed by atoms with Crippen LogP contribution in [-0.2, 0) is 0 Å². The van der Waals surface area contributed by atoms with Gasteiger partial charge in [-0.1, -0.05) is 42.0 Å². The molecule has 0 spiro atoms. The number of aryl methyl sites for hydroxylation is 1. The maximum Gasteiger partial charge on any atom is 0.221 e. The minimum absolute atomic E-state index is 0.248. The molecule has 2 heterocycles. The van der Waals surface area contributed by atoms with Crippen LogP contribution in [0, 0.1) is 6.92 Å². The molecule has 0 aliphatic carbocycles. The lowest BCUT2D eigenvalue weighted by molar-refractivity contribution is 0.789. The number of nitrogen functional groups attached to an aromatic ring is 1. The summed E-state index contributed by atoms with van der Waals surface area (Å²) in [5, 5.41) is 11.1. The van der Waals surface area contributed by atoms with Crippen LogP contribution in [0.3, 0.4) is 0 Å². The zero-order valence-corrected chi connectivity index (χ0v) is 13.5. The van der Waals surface area contributed by atoms with Crippen molar-refractivity contribution in [2.45, 2.75) is 6.92 Å². The van der Waals surface area contributed by atoms with Gasteiger partial charge in [-0.15, -0.1) is 5.10 Å². The van der Waals surface area contributed by atoms with E-state index in [0.717, 1.165) is 28.2 Å². The summed E-state index contributed by atoms with van der Waals surface area (Å²) in [5.74, 6) is 0.248. The first kappa shape index (κ1) is 14.9. The van der Waals surface area contributed by atoms with Crippen molar-refractivity contribution in [3.63, 3.8) is 0 Å². The Morgan fingerprint density at radius 1 is 0.840 bits per heavy atom. The monoisotopic (exact) mass is 329 g/mol. The molecule has 0 atom stereocenters. The molecule has 0 saturated heterocycles. The number of hydrogen-bond donors (Lipinski definition) is 1. The zero-order valence-electron chi connectivity index (χ0n) is 13.5. The van der Waals surface area contributed by atoms with Gasteiger partial charge >= 0.3 is 0 Å². The topological polar surface area (TPSA) is 95.4 Å². The molecule has 4 aromatic rings. The lowest BCUT2D eigenvalue weighted by atomic mass is 10.1. The van der Waals surface area contributed by atoms with Crippen molar-refractivity contribution >= 4 is 5.95 Å². The predicted molar refractivity (Wildman–Crippen MR) is 94.8 cm³/mol. The average molecular weight is 329 g/mol. The third-order valence-corrected chi connectivity index (χ3v) is 3.87. The first-order chi connectivity index (χ1) is 12.2. The Bertz CT molecular complexity index is 991. The highest BCUT2D eigenvalue weighted by molar-refractivity contribution is 5.69. The van der Waals surface area contributed by atoms with Gasteiger partial charge < -0.3 is 5.73 Å². The van der Waals surface area contributed by atoms with Gasteiger partial charge in [0.15, 0.2) is 0 Å². The van der Waals surface area contributed by atoms with Crippen molar-refractivity contribution in [1.29, 1.82) is 0 Å². The molecule has 0 radical (unpaired) electrons. The minimum Gasteiger partial charge on any atom is -0.368 e. The number of nitrogens with two attached hydrogens (primary N) is 1. The van der Waals surface area contributed by atoms with E-state index in [4.69, 9.17) is 5.73 Å². The van der Waals surface area contributed by atoms with Crippen LogP contribution in [0.4, 0.5) is 5.95 Å². The Morgan fingerprint density at radius 2 is 1.44 bits per heavy atom. The molecule has 122 valence electrons. The number of nitrogens with zero attached hydrogens (tertiary/aromatic N) is 6. The van der Waals surface area contributed by atoms with E-state index >= 15 is 0 Å². The molecule has 4 rings (SSSR count). The van der Waals surface area contributed by atoms with Gasteiger partial charge in [0.1, 0.15) is 6.33 Å². The second-order valence-electron chi connectivity index (χ2n) is 5.66. The largest absolute Gasteiger partial charge is 0.368 e. The number of aromatic nitrogens is 6. The van der Waals surface area contributed by atoms with E-state index in [0.29, 0.717) is 0 Å². The molecule has 7 heteroatoms. The van der Waals surface area contributed by atoms with Crippen LogP contribution in [0.5, 0.6) is 0 Å². The molecule has 7 nitrogen and oxygen atoms in total. The summed E-state index contributed by atoms with van der Waals surface area (Å²) in [5.41, 5.74) is 11.5. The Kier molecular flexibility index (Phi) is 3.66. The van der Waals surface area contributed by atoms with Crippen molar-refractivity contribution < 1.29 is 0 Å². The second kappa shape index (κ2) is 6.12. The molecular formula is C18H15N7. The second-order valence-corrected chi connectivity index (χ2v) is 5.66. The number of hydrogen-bond acceptors (Lipinski definition) is 6. The van der Waals surface area contributed by atoms with Crippen molar-refractivity contribution in [2.24, 2.45) is 0 Å². The quantitative estimate of drug-likeness (QED) is 0.621. The molecule has 2 aromatic heterocycles. The van der Waals surface area contributed by atoms with E-state index in [9.17, 15) is 0 Å². The van der Waals surface area contributed by atoms with Gasteiger partial charge in [0.25, 0.3) is 0 Å². The van der Waals surface area contributed by atoms with Crippen LogP contribution < -0.4 is 5.73 Å². The van der Waals surface area contributed by atoms with Crippen LogP contribution in [0.15, 0.2) is 60.9 Å². The summed E-state index contributed by atoms with van der Waals surface area (Å²) in [6, 6.07) is 17.9. The van der Waals surface area contributed by atoms with Crippen LogP contribution >= 0.6 is 0 Å². The van der Waals surface area contributed by atoms with Crippen LogP contribution in [0.2, 0.25) is 0 Å². The smallest absolute Gasteiger partial charge is 0.221 e. The van der Waals surface area contributed by atoms with Gasteiger partial charge in [-0.05, 0) is 35.5 Å². The molecule has 0 bridgehead atoms. The SMILES string of the molecule is Cc1ccc(-c2cc(-c3ccc(-n4cnnn4)cc3)nc(N)n2)cc1. The fourth-order valence-corrected chi connectivity index (χ4v) is 2.55. The molecule has 0 fully saturated rings. The third-order valence-electron chi connectivity index (χ3n) is 3.87. The number of tetrazole rings is 1. The van der Waals surface area contributed by atoms with E-state index in [1.807, 2.05) is 54.6 Å². The molecule has 0 saturated carbocycles. The number of anilines is 1. The molecule has 0 unspecified atom stereocenters. The Morgan fingerprint density at radius 3 is 2.00 bits per heavy atom. The van der Waals surface area contributed by atoms with Gasteiger partial charge in [0, 0.05) is 11.1 Å². The zero-order chi connectivity index (χ0) is 17.2. The summed E-state index contributed by atoms with van der Waals surface area (Å²) < 4.78 is 1.59. The van der Waals surface area contributed by atoms with E-state index in [2.05, 4.69) is 32.4 Å². The van der Waals surface area contributed by atoms with Gasteiger partial charge in [0.05, 0.1) is 17.1 Å². The van der Waals surface area contributed by atoms with Gasteiger partial charge in [-0.3, -0.25) is 0 Å². The molecule has 0 aliphatic heterocycles. The summed E-state index contributed by atoms with van der Waals surface area (Å²) in [7, 11) is 0. The van der Waals surface area contributed by atoms with E-state index in [1.165, 1.54) is 5.56 Å². The number of rotatable bonds is 3. The third kappa shape index (κ3) is 3.07. The lowest BCUT2D eigenvalue weighted by Gasteiger charge is -2.07. The Balaban J connectivity index is 1.71. The molecule has 2 N–H and O–H groups in total.